The zero-order valence-corrected chi connectivity index (χ0v) is 16.1. The smallest absolute Gasteiger partial charge is 0.207 e. The van der Waals surface area contributed by atoms with Gasteiger partial charge in [-0.15, -0.1) is 12.4 Å². The van der Waals surface area contributed by atoms with Crippen molar-refractivity contribution in [1.29, 1.82) is 5.26 Å². The van der Waals surface area contributed by atoms with Crippen molar-refractivity contribution in [3.8, 4) is 6.07 Å². The van der Waals surface area contributed by atoms with Crippen molar-refractivity contribution in [3.05, 3.63) is 53.9 Å². The molecule has 0 radical (unpaired) electrons. The zero-order valence-electron chi connectivity index (χ0n) is 15.2. The van der Waals surface area contributed by atoms with Crippen LogP contribution in [0.4, 0.5) is 5.95 Å². The molecule has 7 heteroatoms. The summed E-state index contributed by atoms with van der Waals surface area (Å²) in [4.78, 5) is 11.7. The van der Waals surface area contributed by atoms with E-state index in [1.54, 1.807) is 6.20 Å². The summed E-state index contributed by atoms with van der Waals surface area (Å²) >= 11 is 0. The Hall–Kier alpha value is -2.62. The Bertz CT molecular complexity index is 959. The number of para-hydroxylation sites is 2. The summed E-state index contributed by atoms with van der Waals surface area (Å²) in [5.41, 5.74) is 9.74. The highest BCUT2D eigenvalue weighted by atomic mass is 35.5. The van der Waals surface area contributed by atoms with Crippen molar-refractivity contribution in [2.24, 2.45) is 5.73 Å². The third-order valence-corrected chi connectivity index (χ3v) is 5.05. The maximum atomic E-state index is 9.01. The van der Waals surface area contributed by atoms with Crippen molar-refractivity contribution < 1.29 is 0 Å². The fourth-order valence-electron chi connectivity index (χ4n) is 3.68. The Morgan fingerprint density at radius 3 is 2.78 bits per heavy atom. The van der Waals surface area contributed by atoms with Crippen molar-refractivity contribution in [1.82, 2.24) is 14.5 Å². The molecule has 0 saturated carbocycles. The number of fused-ring (bicyclic) bond motifs is 1. The number of anilines is 1. The minimum absolute atomic E-state index is 0. The van der Waals surface area contributed by atoms with Gasteiger partial charge in [0.05, 0.1) is 28.3 Å². The third kappa shape index (κ3) is 3.61. The molecule has 1 saturated heterocycles. The summed E-state index contributed by atoms with van der Waals surface area (Å²) in [5.74, 6) is 0.944. The van der Waals surface area contributed by atoms with Gasteiger partial charge in [0.2, 0.25) is 5.95 Å². The first-order valence-corrected chi connectivity index (χ1v) is 9.01. The van der Waals surface area contributed by atoms with Gasteiger partial charge in [0.15, 0.2) is 0 Å². The summed E-state index contributed by atoms with van der Waals surface area (Å²) in [7, 11) is 0. The Labute approximate surface area is 165 Å². The maximum absolute atomic E-state index is 9.01. The van der Waals surface area contributed by atoms with Crippen LogP contribution < -0.4 is 10.6 Å². The van der Waals surface area contributed by atoms with Gasteiger partial charge in [0.25, 0.3) is 0 Å². The molecule has 0 spiro atoms. The van der Waals surface area contributed by atoms with Gasteiger partial charge in [-0.05, 0) is 44.0 Å². The number of pyridine rings is 1. The molecule has 2 aromatic heterocycles. The molecule has 1 aliphatic heterocycles. The van der Waals surface area contributed by atoms with Crippen LogP contribution in [0.25, 0.3) is 11.0 Å². The molecule has 1 aromatic carbocycles. The molecule has 4 rings (SSSR count). The maximum Gasteiger partial charge on any atom is 0.207 e. The molecule has 1 aliphatic rings. The average Bonchev–Trinajstić information content (AvgIpc) is 3.07. The van der Waals surface area contributed by atoms with Crippen LogP contribution >= 0.6 is 12.4 Å². The standard InChI is InChI=1S/C20H22N6.ClH/c1-14(17-9-8-15(11-21)12-23-17)26-19-7-3-2-6-18(19)24-20(26)25-10-4-5-16(22)13-25;/h2-3,6-9,12,14,16H,4-5,10,13,22H2,1H3;1H/t14-,16?;/m1./s1. The van der Waals surface area contributed by atoms with Crippen molar-refractivity contribution in [2.75, 3.05) is 18.0 Å². The first-order chi connectivity index (χ1) is 12.7. The van der Waals surface area contributed by atoms with E-state index in [2.05, 4.69) is 33.5 Å². The molecule has 0 bridgehead atoms. The van der Waals surface area contributed by atoms with Gasteiger partial charge >= 0.3 is 0 Å². The van der Waals surface area contributed by atoms with Crippen LogP contribution in [0.2, 0.25) is 0 Å². The van der Waals surface area contributed by atoms with Gasteiger partial charge in [-0.25, -0.2) is 4.98 Å². The van der Waals surface area contributed by atoms with Gasteiger partial charge in [-0.2, -0.15) is 5.26 Å². The lowest BCUT2D eigenvalue weighted by molar-refractivity contribution is 0.489. The Kier molecular flexibility index (Phi) is 5.64. The number of imidazole rings is 1. The molecule has 140 valence electrons. The number of nitrogens with two attached hydrogens (primary N) is 1. The topological polar surface area (TPSA) is 83.8 Å². The van der Waals surface area contributed by atoms with Gasteiger partial charge in [-0.1, -0.05) is 12.1 Å². The van der Waals surface area contributed by atoms with Crippen LogP contribution in [0, 0.1) is 11.3 Å². The lowest BCUT2D eigenvalue weighted by Crippen LogP contribution is -2.44. The number of rotatable bonds is 3. The lowest BCUT2D eigenvalue weighted by Gasteiger charge is -2.33. The average molecular weight is 383 g/mol. The van der Waals surface area contributed by atoms with Crippen LogP contribution in [0.1, 0.15) is 37.1 Å². The van der Waals surface area contributed by atoms with E-state index >= 15 is 0 Å². The van der Waals surface area contributed by atoms with Crippen molar-refractivity contribution >= 4 is 29.4 Å². The van der Waals surface area contributed by atoms with Crippen molar-refractivity contribution in [2.45, 2.75) is 31.8 Å². The molecule has 0 amide bonds. The number of aromatic nitrogens is 3. The van der Waals surface area contributed by atoms with E-state index in [-0.39, 0.29) is 24.5 Å². The molecular formula is C20H23ClN6. The van der Waals surface area contributed by atoms with Gasteiger partial charge in [0.1, 0.15) is 6.07 Å². The summed E-state index contributed by atoms with van der Waals surface area (Å²) < 4.78 is 2.24. The molecule has 1 unspecified atom stereocenters. The monoisotopic (exact) mass is 382 g/mol. The molecular weight excluding hydrogens is 360 g/mol. The minimum atomic E-state index is 0. The minimum Gasteiger partial charge on any atom is -0.341 e. The lowest BCUT2D eigenvalue weighted by atomic mass is 10.1. The molecule has 6 nitrogen and oxygen atoms in total. The third-order valence-electron chi connectivity index (χ3n) is 5.05. The van der Waals surface area contributed by atoms with Gasteiger partial charge in [-0.3, -0.25) is 4.98 Å². The summed E-state index contributed by atoms with van der Waals surface area (Å²) in [6.07, 6.45) is 3.76. The van der Waals surface area contributed by atoms with E-state index in [9.17, 15) is 0 Å². The first-order valence-electron chi connectivity index (χ1n) is 9.01. The largest absolute Gasteiger partial charge is 0.341 e. The highest BCUT2D eigenvalue weighted by Gasteiger charge is 2.25. The molecule has 2 N–H and O–H groups in total. The molecule has 0 aliphatic carbocycles. The van der Waals surface area contributed by atoms with E-state index in [1.165, 1.54) is 0 Å². The van der Waals surface area contributed by atoms with Gasteiger partial charge in [0, 0.05) is 25.3 Å². The molecule has 1 fully saturated rings. The second kappa shape index (κ2) is 7.95. The molecule has 2 atom stereocenters. The summed E-state index contributed by atoms with van der Waals surface area (Å²) in [5, 5.41) is 9.01. The predicted octanol–water partition coefficient (Wildman–Crippen LogP) is 3.26. The second-order valence-electron chi connectivity index (χ2n) is 6.88. The van der Waals surface area contributed by atoms with Crippen LogP contribution in [0.5, 0.6) is 0 Å². The fourth-order valence-corrected chi connectivity index (χ4v) is 3.68. The van der Waals surface area contributed by atoms with E-state index in [0.29, 0.717) is 5.56 Å². The van der Waals surface area contributed by atoms with E-state index in [1.807, 2.05) is 30.3 Å². The van der Waals surface area contributed by atoms with Crippen LogP contribution in [-0.4, -0.2) is 33.7 Å². The highest BCUT2D eigenvalue weighted by Crippen LogP contribution is 2.31. The number of benzene rings is 1. The summed E-state index contributed by atoms with van der Waals surface area (Å²) in [6, 6.07) is 14.2. The Morgan fingerprint density at radius 1 is 1.26 bits per heavy atom. The quantitative estimate of drug-likeness (QED) is 0.751. The highest BCUT2D eigenvalue weighted by molar-refractivity contribution is 5.85. The number of halogens is 1. The normalized spacial score (nSPS) is 18.0. The molecule has 3 aromatic rings. The summed E-state index contributed by atoms with van der Waals surface area (Å²) in [6.45, 7) is 3.90. The number of hydrogen-bond donors (Lipinski definition) is 1. The Balaban J connectivity index is 0.00000210. The van der Waals surface area contributed by atoms with E-state index in [0.717, 1.165) is 48.6 Å². The fraction of sp³-hybridized carbons (Fsp3) is 0.350. The van der Waals surface area contributed by atoms with Crippen molar-refractivity contribution in [3.63, 3.8) is 0 Å². The SMILES string of the molecule is C[C@H](c1ccc(C#N)cn1)n1c(N2CCCC(N)C2)nc2ccccc21.Cl. The number of piperidine rings is 1. The Morgan fingerprint density at radius 2 is 2.07 bits per heavy atom. The molecule has 27 heavy (non-hydrogen) atoms. The molecule has 3 heterocycles. The second-order valence-corrected chi connectivity index (χ2v) is 6.88. The van der Waals surface area contributed by atoms with Crippen LogP contribution in [0.3, 0.4) is 0 Å². The van der Waals surface area contributed by atoms with E-state index < -0.39 is 0 Å². The predicted molar refractivity (Wildman–Crippen MR) is 109 cm³/mol. The number of nitrogens with zero attached hydrogens (tertiary/aromatic N) is 5. The van der Waals surface area contributed by atoms with E-state index in [4.69, 9.17) is 16.0 Å². The first kappa shape index (κ1) is 19.2. The van der Waals surface area contributed by atoms with Crippen LogP contribution in [0.15, 0.2) is 42.6 Å². The number of hydrogen-bond acceptors (Lipinski definition) is 5. The zero-order chi connectivity index (χ0) is 18.1. The number of nitriles is 1. The van der Waals surface area contributed by atoms with Gasteiger partial charge < -0.3 is 15.2 Å². The van der Waals surface area contributed by atoms with Crippen LogP contribution in [-0.2, 0) is 0 Å².